The van der Waals surface area contributed by atoms with E-state index >= 15 is 0 Å². The van der Waals surface area contributed by atoms with E-state index < -0.39 is 0 Å². The van der Waals surface area contributed by atoms with Crippen LogP contribution in [0.5, 0.6) is 0 Å². The summed E-state index contributed by atoms with van der Waals surface area (Å²) in [5.74, 6) is 2.72. The second-order valence-corrected chi connectivity index (χ2v) is 4.90. The first-order chi connectivity index (χ1) is 6.33. The van der Waals surface area contributed by atoms with Crippen molar-refractivity contribution in [2.75, 3.05) is 18.1 Å². The summed E-state index contributed by atoms with van der Waals surface area (Å²) in [5.41, 5.74) is 0.634. The third-order valence-electron chi connectivity index (χ3n) is 3.02. The van der Waals surface area contributed by atoms with Gasteiger partial charge in [-0.3, -0.25) is 0 Å². The van der Waals surface area contributed by atoms with Crippen LogP contribution in [0.1, 0.15) is 32.6 Å². The molecule has 1 aliphatic rings. The van der Waals surface area contributed by atoms with Crippen molar-refractivity contribution in [3.05, 3.63) is 12.8 Å². The molecule has 0 spiro atoms. The lowest BCUT2D eigenvalue weighted by Gasteiger charge is -2.26. The van der Waals surface area contributed by atoms with E-state index in [1.54, 1.807) is 6.26 Å². The molecule has 0 bridgehead atoms. The van der Waals surface area contributed by atoms with Crippen molar-refractivity contribution in [2.45, 2.75) is 32.6 Å². The van der Waals surface area contributed by atoms with Gasteiger partial charge in [-0.15, -0.1) is 0 Å². The SMILES string of the molecule is C=COCCCC1(CC)CCSC1. The summed E-state index contributed by atoms with van der Waals surface area (Å²) in [6.45, 7) is 6.70. The third-order valence-corrected chi connectivity index (χ3v) is 4.33. The van der Waals surface area contributed by atoms with Crippen LogP contribution >= 0.6 is 11.8 Å². The molecule has 0 aromatic carbocycles. The Labute approximate surface area is 85.9 Å². The highest BCUT2D eigenvalue weighted by molar-refractivity contribution is 7.99. The van der Waals surface area contributed by atoms with Crippen LogP contribution in [0.3, 0.4) is 0 Å². The average molecular weight is 200 g/mol. The van der Waals surface area contributed by atoms with Crippen molar-refractivity contribution in [1.82, 2.24) is 0 Å². The van der Waals surface area contributed by atoms with Gasteiger partial charge in [0.1, 0.15) is 0 Å². The second kappa shape index (κ2) is 5.58. The Morgan fingerprint density at radius 3 is 3.00 bits per heavy atom. The zero-order chi connectivity index (χ0) is 9.57. The fraction of sp³-hybridized carbons (Fsp3) is 0.818. The van der Waals surface area contributed by atoms with Crippen LogP contribution in [0.15, 0.2) is 12.8 Å². The molecule has 1 unspecified atom stereocenters. The molecule has 0 radical (unpaired) electrons. The molecule has 1 saturated heterocycles. The smallest absolute Gasteiger partial charge is 0.0873 e. The minimum Gasteiger partial charge on any atom is -0.502 e. The van der Waals surface area contributed by atoms with Crippen molar-refractivity contribution in [3.63, 3.8) is 0 Å². The average Bonchev–Trinajstić information content (AvgIpc) is 2.62. The van der Waals surface area contributed by atoms with Crippen molar-refractivity contribution >= 4 is 11.8 Å². The summed E-state index contributed by atoms with van der Waals surface area (Å²) in [5, 5.41) is 0. The molecule has 0 aromatic rings. The van der Waals surface area contributed by atoms with Gasteiger partial charge in [0.2, 0.25) is 0 Å². The zero-order valence-corrected chi connectivity index (χ0v) is 9.37. The first-order valence-electron chi connectivity index (χ1n) is 5.13. The molecule has 0 amide bonds. The Balaban J connectivity index is 2.19. The van der Waals surface area contributed by atoms with Gasteiger partial charge in [-0.2, -0.15) is 11.8 Å². The van der Waals surface area contributed by atoms with Gasteiger partial charge in [-0.25, -0.2) is 0 Å². The molecular formula is C11H20OS. The quantitative estimate of drug-likeness (QED) is 0.479. The van der Waals surface area contributed by atoms with E-state index in [0.717, 1.165) is 6.61 Å². The van der Waals surface area contributed by atoms with Crippen molar-refractivity contribution in [3.8, 4) is 0 Å². The first kappa shape index (κ1) is 11.0. The Kier molecular flexibility index (Phi) is 4.71. The molecule has 0 saturated carbocycles. The summed E-state index contributed by atoms with van der Waals surface area (Å²) >= 11 is 2.11. The van der Waals surface area contributed by atoms with Crippen molar-refractivity contribution < 1.29 is 4.74 Å². The first-order valence-corrected chi connectivity index (χ1v) is 6.29. The predicted molar refractivity (Wildman–Crippen MR) is 60.0 cm³/mol. The normalized spacial score (nSPS) is 27.5. The van der Waals surface area contributed by atoms with E-state index in [1.165, 1.54) is 37.2 Å². The molecule has 76 valence electrons. The Morgan fingerprint density at radius 2 is 2.46 bits per heavy atom. The number of hydrogen-bond donors (Lipinski definition) is 0. The molecule has 1 atom stereocenters. The number of hydrogen-bond acceptors (Lipinski definition) is 2. The lowest BCUT2D eigenvalue weighted by molar-refractivity contribution is 0.206. The highest BCUT2D eigenvalue weighted by Gasteiger charge is 2.31. The predicted octanol–water partition coefficient (Wildman–Crippen LogP) is 3.46. The third kappa shape index (κ3) is 3.26. The molecule has 1 heterocycles. The van der Waals surface area contributed by atoms with Gasteiger partial charge in [0.05, 0.1) is 12.9 Å². The lowest BCUT2D eigenvalue weighted by Crippen LogP contribution is -2.19. The summed E-state index contributed by atoms with van der Waals surface area (Å²) in [7, 11) is 0. The van der Waals surface area contributed by atoms with Crippen LogP contribution < -0.4 is 0 Å². The molecular weight excluding hydrogens is 180 g/mol. The van der Waals surface area contributed by atoms with Crippen LogP contribution in [0.4, 0.5) is 0 Å². The Hall–Kier alpha value is -0.110. The lowest BCUT2D eigenvalue weighted by atomic mass is 9.80. The van der Waals surface area contributed by atoms with Gasteiger partial charge in [-0.05, 0) is 42.6 Å². The zero-order valence-electron chi connectivity index (χ0n) is 8.55. The Bertz CT molecular complexity index is 150. The molecule has 0 N–H and O–H groups in total. The number of rotatable bonds is 6. The highest BCUT2D eigenvalue weighted by atomic mass is 32.2. The number of ether oxygens (including phenoxy) is 1. The summed E-state index contributed by atoms with van der Waals surface area (Å²) < 4.78 is 5.14. The van der Waals surface area contributed by atoms with Crippen LogP contribution in [0.25, 0.3) is 0 Å². The van der Waals surface area contributed by atoms with Gasteiger partial charge in [0.15, 0.2) is 0 Å². The van der Waals surface area contributed by atoms with Crippen LogP contribution in [-0.4, -0.2) is 18.1 Å². The van der Waals surface area contributed by atoms with Crippen LogP contribution in [0, 0.1) is 5.41 Å². The number of thioether (sulfide) groups is 1. The van der Waals surface area contributed by atoms with Gasteiger partial charge < -0.3 is 4.74 Å². The van der Waals surface area contributed by atoms with Crippen LogP contribution in [-0.2, 0) is 4.74 Å². The van der Waals surface area contributed by atoms with E-state index in [9.17, 15) is 0 Å². The molecule has 1 nitrogen and oxygen atoms in total. The summed E-state index contributed by atoms with van der Waals surface area (Å²) in [4.78, 5) is 0. The minimum atomic E-state index is 0.634. The summed E-state index contributed by atoms with van der Waals surface area (Å²) in [6.07, 6.45) is 6.78. The standard InChI is InChI=1S/C11H20OS/c1-3-11(7-9-13-10-11)6-5-8-12-4-2/h4H,2-3,5-10H2,1H3. The fourth-order valence-electron chi connectivity index (χ4n) is 1.92. The van der Waals surface area contributed by atoms with E-state index in [1.807, 2.05) is 0 Å². The molecule has 1 rings (SSSR count). The van der Waals surface area contributed by atoms with Gasteiger partial charge in [-0.1, -0.05) is 13.5 Å². The van der Waals surface area contributed by atoms with Gasteiger partial charge in [0.25, 0.3) is 0 Å². The molecule has 2 heteroatoms. The topological polar surface area (TPSA) is 9.23 Å². The monoisotopic (exact) mass is 200 g/mol. The van der Waals surface area contributed by atoms with Crippen LogP contribution in [0.2, 0.25) is 0 Å². The maximum absolute atomic E-state index is 5.14. The van der Waals surface area contributed by atoms with E-state index in [4.69, 9.17) is 4.74 Å². The molecule has 13 heavy (non-hydrogen) atoms. The highest BCUT2D eigenvalue weighted by Crippen LogP contribution is 2.42. The maximum atomic E-state index is 5.14. The fourth-order valence-corrected chi connectivity index (χ4v) is 3.56. The van der Waals surface area contributed by atoms with Gasteiger partial charge >= 0.3 is 0 Å². The summed E-state index contributed by atoms with van der Waals surface area (Å²) in [6, 6.07) is 0. The molecule has 1 fully saturated rings. The Morgan fingerprint density at radius 1 is 1.62 bits per heavy atom. The van der Waals surface area contributed by atoms with E-state index in [-0.39, 0.29) is 0 Å². The van der Waals surface area contributed by atoms with E-state index in [0.29, 0.717) is 5.41 Å². The maximum Gasteiger partial charge on any atom is 0.0873 e. The van der Waals surface area contributed by atoms with Crippen molar-refractivity contribution in [2.24, 2.45) is 5.41 Å². The van der Waals surface area contributed by atoms with Crippen molar-refractivity contribution in [1.29, 1.82) is 0 Å². The molecule has 1 aliphatic heterocycles. The molecule has 0 aliphatic carbocycles. The second-order valence-electron chi connectivity index (χ2n) is 3.80. The largest absolute Gasteiger partial charge is 0.502 e. The molecule has 0 aromatic heterocycles. The van der Waals surface area contributed by atoms with Gasteiger partial charge in [0, 0.05) is 0 Å². The van der Waals surface area contributed by atoms with E-state index in [2.05, 4.69) is 25.3 Å². The minimum absolute atomic E-state index is 0.634.